The Labute approximate surface area is 105 Å². The molecule has 0 amide bonds. The molecule has 0 bridgehead atoms. The molecule has 0 N–H and O–H groups in total. The molecule has 2 rings (SSSR count). The van der Waals surface area contributed by atoms with Crippen LogP contribution < -0.4 is 10.3 Å². The van der Waals surface area contributed by atoms with E-state index >= 15 is 0 Å². The lowest BCUT2D eigenvalue weighted by Gasteiger charge is -2.11. The van der Waals surface area contributed by atoms with E-state index in [1.165, 1.54) is 17.7 Å². The van der Waals surface area contributed by atoms with Gasteiger partial charge in [-0.3, -0.25) is 14.3 Å². The van der Waals surface area contributed by atoms with Gasteiger partial charge in [-0.1, -0.05) is 6.07 Å². The van der Waals surface area contributed by atoms with E-state index in [2.05, 4.69) is 9.97 Å². The Morgan fingerprint density at radius 2 is 2.06 bits per heavy atom. The summed E-state index contributed by atoms with van der Waals surface area (Å²) in [4.78, 5) is 20.2. The highest BCUT2D eigenvalue weighted by Gasteiger charge is 2.08. The number of hydrogen-bond acceptors (Lipinski definition) is 4. The molecule has 2 aromatic rings. The van der Waals surface area contributed by atoms with Crippen LogP contribution in [0.3, 0.4) is 0 Å². The van der Waals surface area contributed by atoms with E-state index < -0.39 is 0 Å². The smallest absolute Gasteiger partial charge is 0.299 e. The van der Waals surface area contributed by atoms with Crippen LogP contribution in [-0.2, 0) is 6.54 Å². The van der Waals surface area contributed by atoms with Crippen LogP contribution in [0.1, 0.15) is 16.8 Å². The van der Waals surface area contributed by atoms with Crippen molar-refractivity contribution < 1.29 is 4.74 Å². The Hall–Kier alpha value is -2.17. The van der Waals surface area contributed by atoms with Crippen molar-refractivity contribution in [1.82, 2.24) is 14.5 Å². The highest BCUT2D eigenvalue weighted by atomic mass is 16.5. The van der Waals surface area contributed by atoms with Crippen LogP contribution in [0.25, 0.3) is 0 Å². The number of rotatable bonds is 3. The van der Waals surface area contributed by atoms with Crippen molar-refractivity contribution in [3.63, 3.8) is 0 Å². The number of ether oxygens (including phenoxy) is 1. The molecule has 2 heterocycles. The van der Waals surface area contributed by atoms with Gasteiger partial charge in [0.25, 0.3) is 11.6 Å². The second-order valence-corrected chi connectivity index (χ2v) is 4.18. The molecule has 0 radical (unpaired) electrons. The van der Waals surface area contributed by atoms with Gasteiger partial charge in [0, 0.05) is 24.2 Å². The zero-order chi connectivity index (χ0) is 13.1. The Balaban J connectivity index is 2.43. The molecule has 0 saturated carbocycles. The molecule has 0 aromatic carbocycles. The molecule has 0 aliphatic rings. The molecule has 0 saturated heterocycles. The Kier molecular flexibility index (Phi) is 3.41. The van der Waals surface area contributed by atoms with Crippen molar-refractivity contribution in [1.29, 1.82) is 0 Å². The fraction of sp³-hybridized carbons (Fsp3) is 0.308. The zero-order valence-electron chi connectivity index (χ0n) is 10.7. The highest BCUT2D eigenvalue weighted by molar-refractivity contribution is 5.18. The Morgan fingerprint density at radius 3 is 2.72 bits per heavy atom. The zero-order valence-corrected chi connectivity index (χ0v) is 10.7. The fourth-order valence-electron chi connectivity index (χ4n) is 1.78. The fourth-order valence-corrected chi connectivity index (χ4v) is 1.78. The number of aromatic nitrogens is 3. The standard InChI is InChI=1S/C13H15N3O2/c1-9-4-11(7-14-6-9)8-16-12(17)5-10(2)15-13(16)18-3/h4-7H,8H2,1-3H3. The summed E-state index contributed by atoms with van der Waals surface area (Å²) in [7, 11) is 1.51. The monoisotopic (exact) mass is 245 g/mol. The summed E-state index contributed by atoms with van der Waals surface area (Å²) >= 11 is 0. The lowest BCUT2D eigenvalue weighted by atomic mass is 10.2. The maximum atomic E-state index is 11.9. The van der Waals surface area contributed by atoms with E-state index in [9.17, 15) is 4.79 Å². The third-order valence-corrected chi connectivity index (χ3v) is 2.56. The summed E-state index contributed by atoms with van der Waals surface area (Å²) in [5.41, 5.74) is 2.52. The molecule has 18 heavy (non-hydrogen) atoms. The molecule has 0 spiro atoms. The Bertz CT molecular complexity index is 620. The molecule has 5 heteroatoms. The molecular weight excluding hydrogens is 230 g/mol. The van der Waals surface area contributed by atoms with Crippen LogP contribution in [0.4, 0.5) is 0 Å². The Morgan fingerprint density at radius 1 is 1.28 bits per heavy atom. The van der Waals surface area contributed by atoms with Crippen molar-refractivity contribution in [3.8, 4) is 6.01 Å². The van der Waals surface area contributed by atoms with Crippen LogP contribution >= 0.6 is 0 Å². The number of nitrogens with zero attached hydrogens (tertiary/aromatic N) is 3. The van der Waals surface area contributed by atoms with Gasteiger partial charge in [-0.15, -0.1) is 0 Å². The lowest BCUT2D eigenvalue weighted by molar-refractivity contribution is 0.349. The maximum absolute atomic E-state index is 11.9. The van der Waals surface area contributed by atoms with Gasteiger partial charge < -0.3 is 4.74 Å². The lowest BCUT2D eigenvalue weighted by Crippen LogP contribution is -2.23. The predicted molar refractivity (Wildman–Crippen MR) is 67.9 cm³/mol. The first-order valence-electron chi connectivity index (χ1n) is 5.63. The molecule has 0 aliphatic carbocycles. The predicted octanol–water partition coefficient (Wildman–Crippen LogP) is 1.31. The summed E-state index contributed by atoms with van der Waals surface area (Å²) in [6.07, 6.45) is 3.51. The minimum atomic E-state index is -0.124. The average molecular weight is 245 g/mol. The van der Waals surface area contributed by atoms with Gasteiger partial charge in [-0.2, -0.15) is 0 Å². The summed E-state index contributed by atoms with van der Waals surface area (Å²) < 4.78 is 6.63. The number of aryl methyl sites for hydroxylation is 2. The number of pyridine rings is 1. The first-order valence-corrected chi connectivity index (χ1v) is 5.63. The van der Waals surface area contributed by atoms with Crippen LogP contribution in [-0.4, -0.2) is 21.6 Å². The third kappa shape index (κ3) is 2.56. The van der Waals surface area contributed by atoms with E-state index in [0.29, 0.717) is 18.2 Å². The largest absolute Gasteiger partial charge is 0.468 e. The second kappa shape index (κ2) is 5.00. The molecule has 5 nitrogen and oxygen atoms in total. The van der Waals surface area contributed by atoms with E-state index in [0.717, 1.165) is 11.1 Å². The quantitative estimate of drug-likeness (QED) is 0.818. The van der Waals surface area contributed by atoms with Gasteiger partial charge in [0.2, 0.25) is 0 Å². The van der Waals surface area contributed by atoms with Crippen LogP contribution in [0.2, 0.25) is 0 Å². The highest BCUT2D eigenvalue weighted by Crippen LogP contribution is 2.09. The minimum absolute atomic E-state index is 0.124. The van der Waals surface area contributed by atoms with Crippen molar-refractivity contribution in [2.75, 3.05) is 7.11 Å². The SMILES string of the molecule is COc1nc(C)cc(=O)n1Cc1cncc(C)c1. The maximum Gasteiger partial charge on any atom is 0.299 e. The summed E-state index contributed by atoms with van der Waals surface area (Å²) in [5, 5.41) is 0. The summed E-state index contributed by atoms with van der Waals surface area (Å²) in [6, 6.07) is 3.80. The van der Waals surface area contributed by atoms with E-state index in [1.807, 2.05) is 13.0 Å². The molecule has 0 fully saturated rings. The van der Waals surface area contributed by atoms with Gasteiger partial charge >= 0.3 is 0 Å². The number of methoxy groups -OCH3 is 1. The average Bonchev–Trinajstić information content (AvgIpc) is 2.32. The van der Waals surface area contributed by atoms with E-state index in [-0.39, 0.29) is 5.56 Å². The third-order valence-electron chi connectivity index (χ3n) is 2.56. The van der Waals surface area contributed by atoms with Crippen molar-refractivity contribution in [2.24, 2.45) is 0 Å². The van der Waals surface area contributed by atoms with Gasteiger partial charge in [0.15, 0.2) is 0 Å². The molecule has 2 aromatic heterocycles. The second-order valence-electron chi connectivity index (χ2n) is 4.18. The van der Waals surface area contributed by atoms with Gasteiger partial charge in [-0.05, 0) is 25.0 Å². The molecular formula is C13H15N3O2. The normalized spacial score (nSPS) is 10.4. The molecule has 0 atom stereocenters. The first kappa shape index (κ1) is 12.3. The first-order chi connectivity index (χ1) is 8.60. The van der Waals surface area contributed by atoms with Gasteiger partial charge in [0.1, 0.15) is 0 Å². The van der Waals surface area contributed by atoms with Gasteiger partial charge in [0.05, 0.1) is 13.7 Å². The van der Waals surface area contributed by atoms with Crippen LogP contribution in [0, 0.1) is 13.8 Å². The molecule has 0 aliphatic heterocycles. The topological polar surface area (TPSA) is 57.0 Å². The van der Waals surface area contributed by atoms with E-state index in [4.69, 9.17) is 4.74 Å². The number of hydrogen-bond donors (Lipinski definition) is 0. The summed E-state index contributed by atoms with van der Waals surface area (Å²) in [6.45, 7) is 4.14. The van der Waals surface area contributed by atoms with Crippen molar-refractivity contribution in [2.45, 2.75) is 20.4 Å². The molecule has 0 unspecified atom stereocenters. The van der Waals surface area contributed by atoms with Crippen LogP contribution in [0.5, 0.6) is 6.01 Å². The molecule has 94 valence electrons. The summed E-state index contributed by atoms with van der Waals surface area (Å²) in [5.74, 6) is 0. The van der Waals surface area contributed by atoms with Crippen molar-refractivity contribution >= 4 is 0 Å². The minimum Gasteiger partial charge on any atom is -0.468 e. The van der Waals surface area contributed by atoms with Crippen LogP contribution in [0.15, 0.2) is 29.3 Å². The van der Waals surface area contributed by atoms with E-state index in [1.54, 1.807) is 19.3 Å². The van der Waals surface area contributed by atoms with Crippen molar-refractivity contribution in [3.05, 3.63) is 51.7 Å². The van der Waals surface area contributed by atoms with Gasteiger partial charge in [-0.25, -0.2) is 4.98 Å².